The second-order valence-corrected chi connectivity index (χ2v) is 4.09. The Hall–Kier alpha value is -1.85. The van der Waals surface area contributed by atoms with Crippen molar-refractivity contribution in [2.75, 3.05) is 0 Å². The second-order valence-electron chi connectivity index (χ2n) is 4.09. The van der Waals surface area contributed by atoms with E-state index in [1.807, 2.05) is 0 Å². The predicted molar refractivity (Wildman–Crippen MR) is 50.7 cm³/mol. The molecule has 0 atom stereocenters. The molecule has 0 spiro atoms. The molecular formula is C9H12N2O4. The molecular weight excluding hydrogens is 200 g/mol. The lowest BCUT2D eigenvalue weighted by Gasteiger charge is -2.19. The molecule has 15 heavy (non-hydrogen) atoms. The number of amides is 1. The molecule has 1 amide bonds. The molecule has 0 unspecified atom stereocenters. The lowest BCUT2D eigenvalue weighted by Crippen LogP contribution is -2.40. The highest BCUT2D eigenvalue weighted by Crippen LogP contribution is 2.09. The first-order chi connectivity index (χ1) is 6.81. The Kier molecular flexibility index (Phi) is 2.78. The van der Waals surface area contributed by atoms with Gasteiger partial charge in [0.2, 0.25) is 5.69 Å². The molecule has 0 aliphatic heterocycles. The van der Waals surface area contributed by atoms with Crippen molar-refractivity contribution in [3.63, 3.8) is 0 Å². The van der Waals surface area contributed by atoms with Crippen molar-refractivity contribution < 1.29 is 19.2 Å². The van der Waals surface area contributed by atoms with Crippen LogP contribution in [0.1, 0.15) is 41.6 Å². The summed E-state index contributed by atoms with van der Waals surface area (Å²) in [5.41, 5.74) is -0.890. The minimum Gasteiger partial charge on any atom is -0.476 e. The van der Waals surface area contributed by atoms with Gasteiger partial charge in [0.25, 0.3) is 5.91 Å². The Morgan fingerprint density at radius 1 is 1.47 bits per heavy atom. The maximum absolute atomic E-state index is 11.6. The quantitative estimate of drug-likeness (QED) is 0.759. The zero-order valence-corrected chi connectivity index (χ0v) is 8.70. The summed E-state index contributed by atoms with van der Waals surface area (Å²) in [5, 5.41) is 14.5. The molecule has 0 saturated heterocycles. The summed E-state index contributed by atoms with van der Waals surface area (Å²) in [6.45, 7) is 5.37. The van der Waals surface area contributed by atoms with E-state index in [1.54, 1.807) is 20.8 Å². The van der Waals surface area contributed by atoms with Gasteiger partial charge in [-0.2, -0.15) is 0 Å². The number of carbonyl (C=O) groups is 2. The normalized spacial score (nSPS) is 11.1. The van der Waals surface area contributed by atoms with Crippen LogP contribution in [0.5, 0.6) is 0 Å². The summed E-state index contributed by atoms with van der Waals surface area (Å²) in [7, 11) is 0. The van der Waals surface area contributed by atoms with Crippen molar-refractivity contribution in [3.05, 3.63) is 17.5 Å². The van der Waals surface area contributed by atoms with Crippen LogP contribution in [0.4, 0.5) is 0 Å². The van der Waals surface area contributed by atoms with Crippen LogP contribution in [0.3, 0.4) is 0 Å². The summed E-state index contributed by atoms with van der Waals surface area (Å²) in [4.78, 5) is 22.2. The third-order valence-electron chi connectivity index (χ3n) is 1.51. The minimum absolute atomic E-state index is 0.0718. The van der Waals surface area contributed by atoms with Gasteiger partial charge in [0.15, 0.2) is 0 Å². The topological polar surface area (TPSA) is 92.4 Å². The lowest BCUT2D eigenvalue weighted by molar-refractivity contribution is 0.0679. The monoisotopic (exact) mass is 212 g/mol. The fourth-order valence-corrected chi connectivity index (χ4v) is 0.960. The van der Waals surface area contributed by atoms with Crippen LogP contribution in [0.2, 0.25) is 0 Å². The first-order valence-electron chi connectivity index (χ1n) is 4.31. The fourth-order valence-electron chi connectivity index (χ4n) is 0.960. The number of carbonyl (C=O) groups excluding carboxylic acids is 1. The van der Waals surface area contributed by atoms with E-state index in [9.17, 15) is 9.59 Å². The van der Waals surface area contributed by atoms with Crippen molar-refractivity contribution >= 4 is 11.9 Å². The van der Waals surface area contributed by atoms with E-state index in [2.05, 4.69) is 15.0 Å². The van der Waals surface area contributed by atoms with Crippen molar-refractivity contribution in [3.8, 4) is 0 Å². The van der Waals surface area contributed by atoms with Crippen molar-refractivity contribution in [2.24, 2.45) is 0 Å². The van der Waals surface area contributed by atoms with Gasteiger partial charge in [-0.15, -0.1) is 0 Å². The number of aromatic carboxylic acids is 1. The number of carboxylic acid groups (broad SMARTS) is 1. The number of nitrogens with zero attached hydrogens (tertiary/aromatic N) is 1. The first-order valence-corrected chi connectivity index (χ1v) is 4.31. The number of nitrogens with one attached hydrogen (secondary N) is 1. The van der Waals surface area contributed by atoms with Crippen LogP contribution in [0, 0.1) is 0 Å². The first kappa shape index (κ1) is 11.2. The Labute approximate surface area is 86.3 Å². The Morgan fingerprint density at radius 3 is 2.53 bits per heavy atom. The zero-order valence-electron chi connectivity index (χ0n) is 8.70. The van der Waals surface area contributed by atoms with Gasteiger partial charge in [0, 0.05) is 5.54 Å². The van der Waals surface area contributed by atoms with Gasteiger partial charge in [-0.05, 0) is 20.8 Å². The van der Waals surface area contributed by atoms with Gasteiger partial charge in [-0.1, -0.05) is 5.16 Å². The molecule has 0 aliphatic carbocycles. The Bertz CT molecular complexity index is 389. The average molecular weight is 212 g/mol. The minimum atomic E-state index is -1.29. The molecule has 1 aromatic heterocycles. The van der Waals surface area contributed by atoms with Crippen LogP contribution >= 0.6 is 0 Å². The van der Waals surface area contributed by atoms with Gasteiger partial charge in [0.05, 0.1) is 0 Å². The largest absolute Gasteiger partial charge is 0.476 e. The molecule has 0 fully saturated rings. The summed E-state index contributed by atoms with van der Waals surface area (Å²) >= 11 is 0. The molecule has 6 nitrogen and oxygen atoms in total. The molecule has 2 N–H and O–H groups in total. The predicted octanol–water partition coefficient (Wildman–Crippen LogP) is 0.901. The molecule has 82 valence electrons. The van der Waals surface area contributed by atoms with Gasteiger partial charge < -0.3 is 14.9 Å². The van der Waals surface area contributed by atoms with Gasteiger partial charge in [0.1, 0.15) is 11.8 Å². The van der Waals surface area contributed by atoms with E-state index in [0.717, 1.165) is 6.26 Å². The van der Waals surface area contributed by atoms with Crippen molar-refractivity contribution in [2.45, 2.75) is 26.3 Å². The Morgan fingerprint density at radius 2 is 2.07 bits per heavy atom. The molecule has 0 saturated carbocycles. The van der Waals surface area contributed by atoms with Crippen molar-refractivity contribution in [1.82, 2.24) is 10.5 Å². The smallest absolute Gasteiger partial charge is 0.358 e. The second kappa shape index (κ2) is 3.72. The molecule has 1 rings (SSSR count). The summed E-state index contributed by atoms with van der Waals surface area (Å²) < 4.78 is 4.45. The van der Waals surface area contributed by atoms with E-state index in [-0.39, 0.29) is 11.3 Å². The Balaban J connectivity index is 2.92. The van der Waals surface area contributed by atoms with Crippen LogP contribution in [0.15, 0.2) is 10.8 Å². The van der Waals surface area contributed by atoms with E-state index < -0.39 is 17.4 Å². The van der Waals surface area contributed by atoms with Crippen LogP contribution < -0.4 is 5.32 Å². The van der Waals surface area contributed by atoms with E-state index in [4.69, 9.17) is 5.11 Å². The van der Waals surface area contributed by atoms with Gasteiger partial charge in [-0.25, -0.2) is 4.79 Å². The fraction of sp³-hybridized carbons (Fsp3) is 0.444. The molecule has 0 aliphatic rings. The molecule has 0 radical (unpaired) electrons. The maximum Gasteiger partial charge on any atom is 0.358 e. The van der Waals surface area contributed by atoms with Crippen LogP contribution in [-0.2, 0) is 0 Å². The maximum atomic E-state index is 11.6. The molecule has 0 aromatic carbocycles. The number of rotatable bonds is 2. The third kappa shape index (κ3) is 2.80. The van der Waals surface area contributed by atoms with E-state index in [0.29, 0.717) is 0 Å². The lowest BCUT2D eigenvalue weighted by atomic mass is 10.1. The summed E-state index contributed by atoms with van der Waals surface area (Å²) in [5.74, 6) is -1.80. The number of carboxylic acids is 1. The summed E-state index contributed by atoms with van der Waals surface area (Å²) in [6.07, 6.45) is 1.02. The number of hydrogen-bond acceptors (Lipinski definition) is 4. The molecule has 0 bridgehead atoms. The standard InChI is InChI=1S/C9H12N2O4/c1-9(2,3)10-7(12)5-4-15-11-6(5)8(13)14/h4H,1-3H3,(H,10,12)(H,13,14). The highest BCUT2D eigenvalue weighted by molar-refractivity contribution is 6.03. The van der Waals surface area contributed by atoms with E-state index in [1.165, 1.54) is 0 Å². The molecule has 1 heterocycles. The zero-order chi connectivity index (χ0) is 11.6. The van der Waals surface area contributed by atoms with Crippen LogP contribution in [-0.4, -0.2) is 27.7 Å². The number of aromatic nitrogens is 1. The molecule has 6 heteroatoms. The number of hydrogen-bond donors (Lipinski definition) is 2. The SMILES string of the molecule is CC(C)(C)NC(=O)c1conc1C(=O)O. The molecule has 1 aromatic rings. The van der Waals surface area contributed by atoms with E-state index >= 15 is 0 Å². The highest BCUT2D eigenvalue weighted by atomic mass is 16.5. The van der Waals surface area contributed by atoms with Gasteiger partial charge >= 0.3 is 5.97 Å². The average Bonchev–Trinajstić information content (AvgIpc) is 2.47. The van der Waals surface area contributed by atoms with Crippen LogP contribution in [0.25, 0.3) is 0 Å². The summed E-state index contributed by atoms with van der Waals surface area (Å²) in [6, 6.07) is 0. The van der Waals surface area contributed by atoms with Gasteiger partial charge in [-0.3, -0.25) is 4.79 Å². The third-order valence-corrected chi connectivity index (χ3v) is 1.51. The van der Waals surface area contributed by atoms with Crippen molar-refractivity contribution in [1.29, 1.82) is 0 Å². The highest BCUT2D eigenvalue weighted by Gasteiger charge is 2.24.